The highest BCUT2D eigenvalue weighted by Gasteiger charge is 2.59. The zero-order chi connectivity index (χ0) is 24.5. The minimum absolute atomic E-state index is 0.0346. The molecule has 3 nitrogen and oxygen atoms in total. The van der Waals surface area contributed by atoms with Crippen LogP contribution in [0.25, 0.3) is 6.08 Å². The average Bonchev–Trinajstić information content (AvgIpc) is 2.82. The van der Waals surface area contributed by atoms with E-state index in [1.165, 1.54) is 22.3 Å². The highest BCUT2D eigenvalue weighted by molar-refractivity contribution is 6.30. The van der Waals surface area contributed by atoms with Crippen LogP contribution in [0.15, 0.2) is 42.5 Å². The van der Waals surface area contributed by atoms with E-state index in [0.29, 0.717) is 6.61 Å². The number of fused-ring (bicyclic) bond motifs is 3. The standard InChI is InChI=1S/C30H39ClO3/c1-6-7-22-9-8-20(2)28-25(22)27-26(21(3)34-28)30(16-18-32,17-19-33-5)15-14-29(27,4)23-10-12-24(31)13-11-23/h6-13,21,26-27,32H,14-19H2,1-5H3. The van der Waals surface area contributed by atoms with E-state index in [2.05, 4.69) is 64.1 Å². The first kappa shape index (κ1) is 25.3. The predicted molar refractivity (Wildman–Crippen MR) is 141 cm³/mol. The van der Waals surface area contributed by atoms with Crippen LogP contribution in [0, 0.1) is 18.3 Å². The summed E-state index contributed by atoms with van der Waals surface area (Å²) in [5.74, 6) is 1.54. The molecule has 184 valence electrons. The monoisotopic (exact) mass is 482 g/mol. The molecule has 0 spiro atoms. The van der Waals surface area contributed by atoms with Gasteiger partial charge in [0, 0.05) is 42.7 Å². The van der Waals surface area contributed by atoms with Crippen molar-refractivity contribution in [2.45, 2.75) is 70.8 Å². The fraction of sp³-hybridized carbons (Fsp3) is 0.533. The lowest BCUT2D eigenvalue weighted by atomic mass is 9.46. The topological polar surface area (TPSA) is 38.7 Å². The van der Waals surface area contributed by atoms with Crippen molar-refractivity contribution in [3.05, 3.63) is 69.8 Å². The Hall–Kier alpha value is -1.81. The number of allylic oxidation sites excluding steroid dienone is 1. The van der Waals surface area contributed by atoms with Crippen LogP contribution in [0.5, 0.6) is 5.75 Å². The van der Waals surface area contributed by atoms with E-state index in [9.17, 15) is 5.11 Å². The van der Waals surface area contributed by atoms with Gasteiger partial charge in [0.2, 0.25) is 0 Å². The molecule has 4 heteroatoms. The third-order valence-electron chi connectivity index (χ3n) is 8.71. The predicted octanol–water partition coefficient (Wildman–Crippen LogP) is 7.32. The Balaban J connectivity index is 2.00. The van der Waals surface area contributed by atoms with Gasteiger partial charge in [-0.25, -0.2) is 0 Å². The third kappa shape index (κ3) is 4.21. The van der Waals surface area contributed by atoms with Crippen molar-refractivity contribution in [1.82, 2.24) is 0 Å². The molecule has 1 N–H and O–H groups in total. The van der Waals surface area contributed by atoms with Gasteiger partial charge in [0.1, 0.15) is 5.75 Å². The largest absolute Gasteiger partial charge is 0.490 e. The molecule has 5 atom stereocenters. The Kier molecular flexibility index (Phi) is 7.47. The molecule has 0 amide bonds. The number of aliphatic hydroxyl groups excluding tert-OH is 1. The van der Waals surface area contributed by atoms with Gasteiger partial charge in [-0.3, -0.25) is 0 Å². The van der Waals surface area contributed by atoms with E-state index >= 15 is 0 Å². The maximum Gasteiger partial charge on any atom is 0.126 e. The smallest absolute Gasteiger partial charge is 0.126 e. The van der Waals surface area contributed by atoms with Gasteiger partial charge < -0.3 is 14.6 Å². The van der Waals surface area contributed by atoms with Gasteiger partial charge in [-0.2, -0.15) is 0 Å². The summed E-state index contributed by atoms with van der Waals surface area (Å²) >= 11 is 6.30. The van der Waals surface area contributed by atoms with Gasteiger partial charge in [-0.15, -0.1) is 0 Å². The molecule has 1 fully saturated rings. The normalized spacial score (nSPS) is 30.6. The molecule has 0 bridgehead atoms. The Morgan fingerprint density at radius 2 is 1.88 bits per heavy atom. The molecule has 2 aliphatic rings. The first-order chi connectivity index (χ1) is 16.3. The van der Waals surface area contributed by atoms with Crippen LogP contribution in [0.1, 0.15) is 74.6 Å². The number of hydrogen-bond acceptors (Lipinski definition) is 3. The van der Waals surface area contributed by atoms with Crippen LogP contribution in [-0.2, 0) is 10.2 Å². The Bertz CT molecular complexity index is 1030. The minimum Gasteiger partial charge on any atom is -0.490 e. The molecule has 2 aromatic carbocycles. The van der Waals surface area contributed by atoms with Crippen LogP contribution < -0.4 is 4.74 Å². The van der Waals surface area contributed by atoms with Crippen molar-refractivity contribution >= 4 is 17.7 Å². The van der Waals surface area contributed by atoms with Gasteiger partial charge in [0.05, 0.1) is 6.10 Å². The fourth-order valence-electron chi connectivity index (χ4n) is 7.02. The summed E-state index contributed by atoms with van der Waals surface area (Å²) < 4.78 is 12.4. The molecule has 0 aromatic heterocycles. The highest BCUT2D eigenvalue weighted by atomic mass is 35.5. The number of halogens is 1. The summed E-state index contributed by atoms with van der Waals surface area (Å²) in [5.41, 5.74) is 4.93. The van der Waals surface area contributed by atoms with Crippen molar-refractivity contribution in [2.75, 3.05) is 20.3 Å². The van der Waals surface area contributed by atoms with Gasteiger partial charge in [0.25, 0.3) is 0 Å². The second kappa shape index (κ2) is 10.0. The molecular weight excluding hydrogens is 444 g/mol. The number of aliphatic hydroxyl groups is 1. The lowest BCUT2D eigenvalue weighted by molar-refractivity contribution is -0.0772. The maximum absolute atomic E-state index is 10.2. The zero-order valence-electron chi connectivity index (χ0n) is 21.2. The lowest BCUT2D eigenvalue weighted by Gasteiger charge is -2.60. The SMILES string of the molecule is CC=Cc1ccc(C)c2c1C1C(C(C)O2)C(CCO)(CCOC)CCC1(C)c1ccc(Cl)cc1. The van der Waals surface area contributed by atoms with Gasteiger partial charge in [-0.1, -0.05) is 54.9 Å². The quantitative estimate of drug-likeness (QED) is 0.449. The molecule has 0 radical (unpaired) electrons. The van der Waals surface area contributed by atoms with Gasteiger partial charge in [0.15, 0.2) is 0 Å². The number of methoxy groups -OCH3 is 1. The molecule has 1 saturated carbocycles. The second-order valence-corrected chi connectivity index (χ2v) is 11.0. The second-order valence-electron chi connectivity index (χ2n) is 10.5. The van der Waals surface area contributed by atoms with E-state index in [0.717, 1.165) is 36.5 Å². The van der Waals surface area contributed by atoms with Gasteiger partial charge in [-0.05, 0) is 86.1 Å². The number of ether oxygens (including phenoxy) is 2. The maximum atomic E-state index is 10.2. The first-order valence-corrected chi connectivity index (χ1v) is 13.0. The first-order valence-electron chi connectivity index (χ1n) is 12.6. The van der Waals surface area contributed by atoms with Crippen molar-refractivity contribution < 1.29 is 14.6 Å². The van der Waals surface area contributed by atoms with Crippen molar-refractivity contribution in [2.24, 2.45) is 11.3 Å². The molecule has 2 aromatic rings. The zero-order valence-corrected chi connectivity index (χ0v) is 22.0. The molecule has 1 aliphatic heterocycles. The molecule has 4 rings (SSSR count). The summed E-state index contributed by atoms with van der Waals surface area (Å²) in [6.45, 7) is 9.75. The van der Waals surface area contributed by atoms with Gasteiger partial charge >= 0.3 is 0 Å². The van der Waals surface area contributed by atoms with E-state index in [1.807, 2.05) is 12.1 Å². The van der Waals surface area contributed by atoms with Crippen LogP contribution in [0.4, 0.5) is 0 Å². The molecule has 34 heavy (non-hydrogen) atoms. The van der Waals surface area contributed by atoms with Crippen LogP contribution in [0.3, 0.4) is 0 Å². The van der Waals surface area contributed by atoms with Crippen molar-refractivity contribution in [3.8, 4) is 5.75 Å². The summed E-state index contributed by atoms with van der Waals surface area (Å²) in [7, 11) is 1.77. The van der Waals surface area contributed by atoms with E-state index in [-0.39, 0.29) is 35.4 Å². The Morgan fingerprint density at radius 3 is 2.53 bits per heavy atom. The number of rotatable bonds is 7. The van der Waals surface area contributed by atoms with Crippen molar-refractivity contribution in [1.29, 1.82) is 0 Å². The van der Waals surface area contributed by atoms with E-state index < -0.39 is 0 Å². The molecule has 1 aliphatic carbocycles. The van der Waals surface area contributed by atoms with Crippen molar-refractivity contribution in [3.63, 3.8) is 0 Å². The third-order valence-corrected chi connectivity index (χ3v) is 8.96. The van der Waals surface area contributed by atoms with E-state index in [1.54, 1.807) is 7.11 Å². The highest BCUT2D eigenvalue weighted by Crippen LogP contribution is 2.65. The summed E-state index contributed by atoms with van der Waals surface area (Å²) in [5, 5.41) is 11.0. The fourth-order valence-corrected chi connectivity index (χ4v) is 7.15. The average molecular weight is 483 g/mol. The van der Waals surface area contributed by atoms with Crippen LogP contribution in [0.2, 0.25) is 5.02 Å². The number of hydrogen-bond donors (Lipinski definition) is 1. The lowest BCUT2D eigenvalue weighted by Crippen LogP contribution is -2.56. The Labute approximate surface area is 210 Å². The summed E-state index contributed by atoms with van der Waals surface area (Å²) in [6.07, 6.45) is 8.13. The molecule has 5 unspecified atom stereocenters. The van der Waals surface area contributed by atoms with Crippen LogP contribution >= 0.6 is 11.6 Å². The Morgan fingerprint density at radius 1 is 1.15 bits per heavy atom. The minimum atomic E-state index is -0.0851. The molecule has 1 heterocycles. The van der Waals surface area contributed by atoms with E-state index in [4.69, 9.17) is 21.1 Å². The number of aryl methyl sites for hydroxylation is 1. The number of benzene rings is 2. The molecule has 0 saturated heterocycles. The summed E-state index contributed by atoms with van der Waals surface area (Å²) in [6, 6.07) is 12.9. The van der Waals surface area contributed by atoms with Crippen LogP contribution in [-0.4, -0.2) is 31.5 Å². The molecular formula is C30H39ClO3. The summed E-state index contributed by atoms with van der Waals surface area (Å²) in [4.78, 5) is 0.